The van der Waals surface area contributed by atoms with E-state index in [9.17, 15) is 18.0 Å². The van der Waals surface area contributed by atoms with Crippen LogP contribution in [0, 0.1) is 0 Å². The number of sulfonamides is 1. The van der Waals surface area contributed by atoms with Gasteiger partial charge in [-0.2, -0.15) is 0 Å². The maximum Gasteiger partial charge on any atom is 0.244 e. The molecular weight excluding hydrogens is 510 g/mol. The van der Waals surface area contributed by atoms with Crippen molar-refractivity contribution < 1.29 is 32.2 Å². The molecule has 2 amide bonds. The molecule has 10 nitrogen and oxygen atoms in total. The number of carbonyl (C=O) groups excluding carboxylic acids is 2. The number of carbonyl (C=O) groups is 2. The second kappa shape index (κ2) is 13.9. The van der Waals surface area contributed by atoms with Crippen LogP contribution in [0.15, 0.2) is 42.5 Å². The first kappa shape index (κ1) is 30.8. The molecule has 0 aliphatic heterocycles. The van der Waals surface area contributed by atoms with Crippen molar-refractivity contribution in [3.05, 3.63) is 48.0 Å². The smallest absolute Gasteiger partial charge is 0.244 e. The van der Waals surface area contributed by atoms with Gasteiger partial charge in [-0.1, -0.05) is 26.0 Å². The molecule has 38 heavy (non-hydrogen) atoms. The lowest BCUT2D eigenvalue weighted by Crippen LogP contribution is -2.53. The molecule has 1 N–H and O–H groups in total. The summed E-state index contributed by atoms with van der Waals surface area (Å²) in [5.41, 5.74) is 0.951. The first-order chi connectivity index (χ1) is 18.0. The van der Waals surface area contributed by atoms with Gasteiger partial charge in [-0.15, -0.1) is 0 Å². The number of ether oxygens (including phenoxy) is 3. The Morgan fingerprint density at radius 2 is 1.53 bits per heavy atom. The van der Waals surface area contributed by atoms with Gasteiger partial charge < -0.3 is 24.4 Å². The fourth-order valence-electron chi connectivity index (χ4n) is 3.87. The summed E-state index contributed by atoms with van der Waals surface area (Å²) in [4.78, 5) is 28.5. The average Bonchev–Trinajstić information content (AvgIpc) is 2.90. The van der Waals surface area contributed by atoms with Gasteiger partial charge in [0.15, 0.2) is 0 Å². The van der Waals surface area contributed by atoms with Crippen LogP contribution in [0.4, 0.5) is 5.69 Å². The normalized spacial score (nSPS) is 12.7. The average molecular weight is 550 g/mol. The van der Waals surface area contributed by atoms with Crippen molar-refractivity contribution in [3.63, 3.8) is 0 Å². The summed E-state index contributed by atoms with van der Waals surface area (Å²) >= 11 is 0. The Balaban J connectivity index is 2.50. The van der Waals surface area contributed by atoms with Gasteiger partial charge in [-0.05, 0) is 49.6 Å². The van der Waals surface area contributed by atoms with E-state index in [1.165, 1.54) is 25.2 Å². The highest BCUT2D eigenvalue weighted by Gasteiger charge is 2.33. The summed E-state index contributed by atoms with van der Waals surface area (Å²) in [5, 5.41) is 2.95. The Kier molecular flexibility index (Phi) is 11.2. The molecule has 2 aromatic carbocycles. The number of rotatable bonds is 14. The molecule has 0 unspecified atom stereocenters. The molecule has 2 aromatic rings. The van der Waals surface area contributed by atoms with Gasteiger partial charge in [-0.3, -0.25) is 13.9 Å². The first-order valence-electron chi connectivity index (χ1n) is 12.4. The Labute approximate surface area is 225 Å². The van der Waals surface area contributed by atoms with Gasteiger partial charge in [0, 0.05) is 18.7 Å². The largest absolute Gasteiger partial charge is 0.497 e. The van der Waals surface area contributed by atoms with Crippen LogP contribution >= 0.6 is 0 Å². The molecule has 0 saturated heterocycles. The van der Waals surface area contributed by atoms with E-state index in [0.29, 0.717) is 17.9 Å². The molecular formula is C27H39N3O7S. The predicted molar refractivity (Wildman–Crippen MR) is 147 cm³/mol. The third kappa shape index (κ3) is 8.01. The third-order valence-electron chi connectivity index (χ3n) is 6.23. The van der Waals surface area contributed by atoms with Gasteiger partial charge in [0.25, 0.3) is 0 Å². The molecule has 0 radical (unpaired) electrons. The molecule has 2 atom stereocenters. The third-order valence-corrected chi connectivity index (χ3v) is 7.36. The number of amides is 2. The maximum atomic E-state index is 13.8. The molecule has 2 rings (SSSR count). The van der Waals surface area contributed by atoms with E-state index in [4.69, 9.17) is 14.2 Å². The molecule has 0 heterocycles. The minimum absolute atomic E-state index is 0.0782. The molecule has 0 saturated carbocycles. The minimum atomic E-state index is -3.91. The van der Waals surface area contributed by atoms with Crippen molar-refractivity contribution in [3.8, 4) is 17.2 Å². The van der Waals surface area contributed by atoms with Gasteiger partial charge in [0.05, 0.1) is 33.3 Å². The summed E-state index contributed by atoms with van der Waals surface area (Å²) in [6, 6.07) is 10.9. The van der Waals surface area contributed by atoms with Crippen LogP contribution in [0.3, 0.4) is 0 Å². The Morgan fingerprint density at radius 1 is 0.921 bits per heavy atom. The van der Waals surface area contributed by atoms with E-state index in [-0.39, 0.29) is 29.9 Å². The summed E-state index contributed by atoms with van der Waals surface area (Å²) in [6.07, 6.45) is 2.09. The SMILES string of the molecule is CC[C@@H](C)NC(=O)[C@@H](CC)N(Cc1ccc(OC)cc1)C(=O)CN(c1ccc(OC)cc1OC)S(C)(=O)=O. The van der Waals surface area contributed by atoms with Crippen LogP contribution in [0.1, 0.15) is 39.2 Å². The second-order valence-electron chi connectivity index (χ2n) is 8.92. The Morgan fingerprint density at radius 3 is 2.03 bits per heavy atom. The summed E-state index contributed by atoms with van der Waals surface area (Å²) in [7, 11) is 0.542. The number of benzene rings is 2. The fourth-order valence-corrected chi connectivity index (χ4v) is 4.73. The zero-order valence-electron chi connectivity index (χ0n) is 23.2. The van der Waals surface area contributed by atoms with Crippen LogP contribution in [-0.2, 0) is 26.2 Å². The lowest BCUT2D eigenvalue weighted by atomic mass is 10.1. The molecule has 0 aromatic heterocycles. The molecule has 0 fully saturated rings. The molecule has 0 aliphatic rings. The van der Waals surface area contributed by atoms with Crippen LogP contribution in [0.2, 0.25) is 0 Å². The molecule has 0 aliphatic carbocycles. The monoisotopic (exact) mass is 549 g/mol. The van der Waals surface area contributed by atoms with E-state index >= 15 is 0 Å². The van der Waals surface area contributed by atoms with Crippen LogP contribution in [0.5, 0.6) is 17.2 Å². The summed E-state index contributed by atoms with van der Waals surface area (Å²) < 4.78 is 42.6. The standard InChI is InChI=1S/C27H39N3O7S/c1-8-19(3)28-27(32)23(9-2)29(17-20-10-12-21(35-4)13-11-20)26(31)18-30(38(7,33)34)24-15-14-22(36-5)16-25(24)37-6/h10-16,19,23H,8-9,17-18H2,1-7H3,(H,28,32)/t19-,23-/m1/s1. The van der Waals surface area contributed by atoms with E-state index in [1.807, 2.05) is 20.8 Å². The number of hydrogen-bond acceptors (Lipinski definition) is 7. The van der Waals surface area contributed by atoms with Crippen molar-refractivity contribution in [2.75, 3.05) is 38.4 Å². The molecule has 11 heteroatoms. The zero-order chi connectivity index (χ0) is 28.5. The van der Waals surface area contributed by atoms with Crippen LogP contribution in [-0.4, -0.2) is 71.3 Å². The molecule has 0 bridgehead atoms. The number of hydrogen-bond donors (Lipinski definition) is 1. The summed E-state index contributed by atoms with van der Waals surface area (Å²) in [6.45, 7) is 5.24. The first-order valence-corrected chi connectivity index (χ1v) is 14.3. The Hall–Kier alpha value is -3.47. The highest BCUT2D eigenvalue weighted by molar-refractivity contribution is 7.92. The summed E-state index contributed by atoms with van der Waals surface area (Å²) in [5.74, 6) is 0.528. The Bertz CT molecular complexity index is 1190. The quantitative estimate of drug-likeness (QED) is 0.385. The highest BCUT2D eigenvalue weighted by atomic mass is 32.2. The zero-order valence-corrected chi connectivity index (χ0v) is 24.0. The van der Waals surface area contributed by atoms with Crippen molar-refractivity contribution in [1.82, 2.24) is 10.2 Å². The number of anilines is 1. The second-order valence-corrected chi connectivity index (χ2v) is 10.8. The van der Waals surface area contributed by atoms with Crippen molar-refractivity contribution >= 4 is 27.5 Å². The number of methoxy groups -OCH3 is 3. The van der Waals surface area contributed by atoms with Crippen molar-refractivity contribution in [1.29, 1.82) is 0 Å². The van der Waals surface area contributed by atoms with Crippen LogP contribution in [0.25, 0.3) is 0 Å². The van der Waals surface area contributed by atoms with Gasteiger partial charge >= 0.3 is 0 Å². The molecule has 0 spiro atoms. The van der Waals surface area contributed by atoms with Crippen LogP contribution < -0.4 is 23.8 Å². The van der Waals surface area contributed by atoms with E-state index in [2.05, 4.69) is 5.32 Å². The number of nitrogens with zero attached hydrogens (tertiary/aromatic N) is 2. The minimum Gasteiger partial charge on any atom is -0.497 e. The predicted octanol–water partition coefficient (Wildman–Crippen LogP) is 3.20. The maximum absolute atomic E-state index is 13.8. The topological polar surface area (TPSA) is 114 Å². The van der Waals surface area contributed by atoms with Crippen molar-refractivity contribution in [2.24, 2.45) is 0 Å². The lowest BCUT2D eigenvalue weighted by molar-refractivity contribution is -0.140. The van der Waals surface area contributed by atoms with E-state index < -0.39 is 28.5 Å². The fraction of sp³-hybridized carbons (Fsp3) is 0.481. The number of nitrogens with one attached hydrogen (secondary N) is 1. The van der Waals surface area contributed by atoms with E-state index in [0.717, 1.165) is 22.5 Å². The van der Waals surface area contributed by atoms with E-state index in [1.54, 1.807) is 43.5 Å². The highest BCUT2D eigenvalue weighted by Crippen LogP contribution is 2.33. The van der Waals surface area contributed by atoms with Gasteiger partial charge in [0.2, 0.25) is 21.8 Å². The lowest BCUT2D eigenvalue weighted by Gasteiger charge is -2.33. The van der Waals surface area contributed by atoms with Gasteiger partial charge in [-0.25, -0.2) is 8.42 Å². The van der Waals surface area contributed by atoms with Crippen molar-refractivity contribution in [2.45, 2.75) is 52.2 Å². The van der Waals surface area contributed by atoms with Gasteiger partial charge in [0.1, 0.15) is 29.8 Å². The molecule has 210 valence electrons.